The van der Waals surface area contributed by atoms with E-state index in [4.69, 9.17) is 16.6 Å². The lowest BCUT2D eigenvalue weighted by Crippen LogP contribution is -2.58. The Morgan fingerprint density at radius 3 is 2.52 bits per heavy atom. The SMILES string of the molecule is Cn1ncc(-c2nc(NC3CCC(NC4CNC4)CC3)ncc2Cl)c1CC1CC1. The number of anilines is 1. The molecule has 2 aromatic heterocycles. The quantitative estimate of drug-likeness (QED) is 0.645. The Bertz CT molecular complexity index is 851. The smallest absolute Gasteiger partial charge is 0.223 e. The minimum Gasteiger partial charge on any atom is -0.351 e. The lowest BCUT2D eigenvalue weighted by Gasteiger charge is -2.36. The van der Waals surface area contributed by atoms with Crippen LogP contribution in [0.15, 0.2) is 12.4 Å². The fraction of sp³-hybridized carbons (Fsp3) is 0.667. The Labute approximate surface area is 177 Å². The van der Waals surface area contributed by atoms with Crippen molar-refractivity contribution in [1.29, 1.82) is 0 Å². The van der Waals surface area contributed by atoms with Crippen LogP contribution in [0, 0.1) is 5.92 Å². The zero-order valence-electron chi connectivity index (χ0n) is 17.0. The zero-order chi connectivity index (χ0) is 19.8. The average molecular weight is 416 g/mol. The van der Waals surface area contributed by atoms with Gasteiger partial charge in [0, 0.05) is 49.5 Å². The first-order chi connectivity index (χ1) is 14.2. The van der Waals surface area contributed by atoms with Crippen molar-refractivity contribution in [2.75, 3.05) is 18.4 Å². The first-order valence-electron chi connectivity index (χ1n) is 10.9. The molecule has 0 atom stereocenters. The second-order valence-corrected chi connectivity index (χ2v) is 9.29. The fourth-order valence-electron chi connectivity index (χ4n) is 4.45. The van der Waals surface area contributed by atoms with Gasteiger partial charge in [0.05, 0.1) is 23.1 Å². The molecule has 3 heterocycles. The summed E-state index contributed by atoms with van der Waals surface area (Å²) in [6, 6.07) is 1.72. The van der Waals surface area contributed by atoms with Crippen molar-refractivity contribution in [2.45, 2.75) is 63.1 Å². The van der Waals surface area contributed by atoms with Gasteiger partial charge in [-0.2, -0.15) is 5.10 Å². The molecule has 0 unspecified atom stereocenters. The number of aryl methyl sites for hydroxylation is 1. The average Bonchev–Trinajstić information content (AvgIpc) is 3.44. The van der Waals surface area contributed by atoms with E-state index in [9.17, 15) is 0 Å². The molecular weight excluding hydrogens is 386 g/mol. The number of aromatic nitrogens is 4. The van der Waals surface area contributed by atoms with E-state index < -0.39 is 0 Å². The Morgan fingerprint density at radius 2 is 1.83 bits per heavy atom. The number of nitrogens with zero attached hydrogens (tertiary/aromatic N) is 4. The molecule has 7 nitrogen and oxygen atoms in total. The highest BCUT2D eigenvalue weighted by atomic mass is 35.5. The van der Waals surface area contributed by atoms with Crippen molar-refractivity contribution in [3.63, 3.8) is 0 Å². The molecule has 5 rings (SSSR count). The highest BCUT2D eigenvalue weighted by molar-refractivity contribution is 6.32. The number of hydrogen-bond acceptors (Lipinski definition) is 6. The van der Waals surface area contributed by atoms with Crippen LogP contribution >= 0.6 is 11.6 Å². The summed E-state index contributed by atoms with van der Waals surface area (Å²) in [5.74, 6) is 1.45. The van der Waals surface area contributed by atoms with Crippen molar-refractivity contribution in [3.05, 3.63) is 23.1 Å². The first kappa shape index (κ1) is 19.3. The Morgan fingerprint density at radius 1 is 1.07 bits per heavy atom. The van der Waals surface area contributed by atoms with Gasteiger partial charge in [0.15, 0.2) is 0 Å². The molecular formula is C21H30ClN7. The topological polar surface area (TPSA) is 79.7 Å². The van der Waals surface area contributed by atoms with Gasteiger partial charge in [-0.3, -0.25) is 4.68 Å². The predicted molar refractivity (Wildman–Crippen MR) is 115 cm³/mol. The summed E-state index contributed by atoms with van der Waals surface area (Å²) in [7, 11) is 2.00. The maximum Gasteiger partial charge on any atom is 0.223 e. The van der Waals surface area contributed by atoms with E-state index in [1.807, 2.05) is 17.9 Å². The molecule has 156 valence electrons. The molecule has 2 aromatic rings. The Hall–Kier alpha value is -1.70. The van der Waals surface area contributed by atoms with E-state index in [0.717, 1.165) is 49.5 Å². The van der Waals surface area contributed by atoms with Crippen LogP contribution in [0.4, 0.5) is 5.95 Å². The maximum atomic E-state index is 6.49. The Kier molecular flexibility index (Phi) is 5.45. The van der Waals surface area contributed by atoms with E-state index in [1.165, 1.54) is 31.4 Å². The third-order valence-electron chi connectivity index (χ3n) is 6.55. The van der Waals surface area contributed by atoms with Gasteiger partial charge in [0.2, 0.25) is 5.95 Å². The van der Waals surface area contributed by atoms with E-state index in [1.54, 1.807) is 6.20 Å². The molecule has 2 aliphatic carbocycles. The van der Waals surface area contributed by atoms with Gasteiger partial charge in [0.1, 0.15) is 0 Å². The largest absolute Gasteiger partial charge is 0.351 e. The summed E-state index contributed by atoms with van der Waals surface area (Å²) >= 11 is 6.49. The van der Waals surface area contributed by atoms with Crippen LogP contribution in [0.2, 0.25) is 5.02 Å². The fourth-order valence-corrected chi connectivity index (χ4v) is 4.64. The summed E-state index contributed by atoms with van der Waals surface area (Å²) < 4.78 is 1.96. The van der Waals surface area contributed by atoms with E-state index >= 15 is 0 Å². The van der Waals surface area contributed by atoms with Crippen molar-refractivity contribution in [1.82, 2.24) is 30.4 Å². The second-order valence-electron chi connectivity index (χ2n) is 8.88. The number of rotatable bonds is 7. The van der Waals surface area contributed by atoms with Crippen molar-refractivity contribution >= 4 is 17.5 Å². The highest BCUT2D eigenvalue weighted by Crippen LogP contribution is 2.37. The molecule has 3 fully saturated rings. The molecule has 0 radical (unpaired) electrons. The lowest BCUT2D eigenvalue weighted by molar-refractivity contribution is 0.276. The Balaban J connectivity index is 1.25. The molecule has 0 bridgehead atoms. The number of nitrogens with one attached hydrogen (secondary N) is 3. The molecule has 2 saturated carbocycles. The maximum absolute atomic E-state index is 6.49. The standard InChI is InChI=1S/C21H30ClN7/c1-29-19(8-13-2-3-13)17(11-25-29)20-18(22)12-24-21(28-20)27-15-6-4-14(5-7-15)26-16-9-23-10-16/h11-16,23,26H,2-10H2,1H3,(H,24,27,28). The van der Waals surface area contributed by atoms with Gasteiger partial charge >= 0.3 is 0 Å². The molecule has 0 amide bonds. The van der Waals surface area contributed by atoms with Gasteiger partial charge in [-0.25, -0.2) is 9.97 Å². The van der Waals surface area contributed by atoms with Gasteiger partial charge in [-0.05, 0) is 50.9 Å². The molecule has 3 N–H and O–H groups in total. The first-order valence-corrected chi connectivity index (χ1v) is 11.3. The van der Waals surface area contributed by atoms with Crippen LogP contribution in [0.5, 0.6) is 0 Å². The molecule has 1 aliphatic heterocycles. The summed E-state index contributed by atoms with van der Waals surface area (Å²) in [6.45, 7) is 2.22. The van der Waals surface area contributed by atoms with E-state index in [0.29, 0.717) is 29.1 Å². The highest BCUT2D eigenvalue weighted by Gasteiger charge is 2.27. The molecule has 1 saturated heterocycles. The van der Waals surface area contributed by atoms with E-state index in [-0.39, 0.29) is 0 Å². The zero-order valence-corrected chi connectivity index (χ0v) is 17.8. The van der Waals surface area contributed by atoms with Crippen LogP contribution in [-0.2, 0) is 13.5 Å². The third-order valence-corrected chi connectivity index (χ3v) is 6.83. The van der Waals surface area contributed by atoms with Gasteiger partial charge in [0.25, 0.3) is 0 Å². The summed E-state index contributed by atoms with van der Waals surface area (Å²) in [5.41, 5.74) is 3.05. The summed E-state index contributed by atoms with van der Waals surface area (Å²) in [4.78, 5) is 9.25. The minimum absolute atomic E-state index is 0.418. The third kappa shape index (κ3) is 4.42. The van der Waals surface area contributed by atoms with Gasteiger partial charge < -0.3 is 16.0 Å². The molecule has 29 heavy (non-hydrogen) atoms. The van der Waals surface area contributed by atoms with Crippen LogP contribution in [-0.4, -0.2) is 51.0 Å². The van der Waals surface area contributed by atoms with Gasteiger partial charge in [-0.1, -0.05) is 11.6 Å². The van der Waals surface area contributed by atoms with E-state index in [2.05, 4.69) is 26.0 Å². The predicted octanol–water partition coefficient (Wildman–Crippen LogP) is 2.77. The molecule has 0 spiro atoms. The molecule has 8 heteroatoms. The van der Waals surface area contributed by atoms with Crippen LogP contribution in [0.1, 0.15) is 44.2 Å². The molecule has 3 aliphatic rings. The molecule has 0 aromatic carbocycles. The number of hydrogen-bond donors (Lipinski definition) is 3. The van der Waals surface area contributed by atoms with Crippen molar-refractivity contribution in [2.24, 2.45) is 13.0 Å². The minimum atomic E-state index is 0.418. The lowest BCUT2D eigenvalue weighted by atomic mass is 9.90. The van der Waals surface area contributed by atoms with Crippen LogP contribution < -0.4 is 16.0 Å². The van der Waals surface area contributed by atoms with Crippen molar-refractivity contribution in [3.8, 4) is 11.3 Å². The number of halogens is 1. The van der Waals surface area contributed by atoms with Crippen LogP contribution in [0.3, 0.4) is 0 Å². The summed E-state index contributed by atoms with van der Waals surface area (Å²) in [6.07, 6.45) is 11.9. The van der Waals surface area contributed by atoms with Crippen molar-refractivity contribution < 1.29 is 0 Å². The monoisotopic (exact) mass is 415 g/mol. The van der Waals surface area contributed by atoms with Crippen LogP contribution in [0.25, 0.3) is 11.3 Å². The van der Waals surface area contributed by atoms with Gasteiger partial charge in [-0.15, -0.1) is 0 Å². The normalized spacial score (nSPS) is 25.0. The summed E-state index contributed by atoms with van der Waals surface area (Å²) in [5, 5.41) is 15.7. The second kappa shape index (κ2) is 8.20.